The van der Waals surface area contributed by atoms with E-state index in [1.54, 1.807) is 19.2 Å². The van der Waals surface area contributed by atoms with E-state index < -0.39 is 5.82 Å². The molecule has 0 aromatic heterocycles. The Hall–Kier alpha value is -1.66. The number of piperidine rings is 1. The van der Waals surface area contributed by atoms with Gasteiger partial charge in [0.05, 0.1) is 25.2 Å². The number of carbonyl (C=O) groups excluding carboxylic acids is 1. The lowest BCUT2D eigenvalue weighted by Crippen LogP contribution is -2.56. The summed E-state index contributed by atoms with van der Waals surface area (Å²) in [6, 6.07) is 4.66. The fourth-order valence-corrected chi connectivity index (χ4v) is 3.94. The average Bonchev–Trinajstić information content (AvgIpc) is 2.63. The predicted octanol–water partition coefficient (Wildman–Crippen LogP) is 2.56. The minimum Gasteiger partial charge on any atom is -0.494 e. The topological polar surface area (TPSA) is 48.0 Å². The van der Waals surface area contributed by atoms with Crippen LogP contribution >= 0.6 is 0 Å². The van der Waals surface area contributed by atoms with Gasteiger partial charge >= 0.3 is 0 Å². The molecule has 0 unspecified atom stereocenters. The number of halogens is 1. The Labute approximate surface area is 148 Å². The molecule has 1 amide bonds. The molecule has 0 saturated carbocycles. The third-order valence-electron chi connectivity index (χ3n) is 5.41. The third-order valence-corrected chi connectivity index (χ3v) is 5.41. The van der Waals surface area contributed by atoms with Gasteiger partial charge in [0.15, 0.2) is 11.6 Å². The predicted molar refractivity (Wildman–Crippen MR) is 91.2 cm³/mol. The van der Waals surface area contributed by atoms with Gasteiger partial charge in [0.1, 0.15) is 0 Å². The van der Waals surface area contributed by atoms with Crippen LogP contribution in [0.3, 0.4) is 0 Å². The van der Waals surface area contributed by atoms with Crippen LogP contribution in [0.4, 0.5) is 4.39 Å². The molecule has 6 heteroatoms. The molecule has 1 aromatic carbocycles. The number of hydrogen-bond donors (Lipinski definition) is 0. The normalized spacial score (nSPS) is 22.8. The van der Waals surface area contributed by atoms with Gasteiger partial charge in [-0.25, -0.2) is 4.39 Å². The van der Waals surface area contributed by atoms with Crippen molar-refractivity contribution in [2.45, 2.75) is 43.8 Å². The number of methoxy groups -OCH3 is 2. The molecule has 2 saturated heterocycles. The Morgan fingerprint density at radius 3 is 2.76 bits per heavy atom. The molecule has 25 heavy (non-hydrogen) atoms. The highest BCUT2D eigenvalue weighted by atomic mass is 19.1. The van der Waals surface area contributed by atoms with Gasteiger partial charge in [0, 0.05) is 26.8 Å². The maximum absolute atomic E-state index is 13.8. The second-order valence-electron chi connectivity index (χ2n) is 6.81. The molecule has 138 valence electrons. The molecule has 0 N–H and O–H groups in total. The number of amides is 1. The van der Waals surface area contributed by atoms with Crippen LogP contribution in [0.2, 0.25) is 0 Å². The van der Waals surface area contributed by atoms with Crippen molar-refractivity contribution in [3.05, 3.63) is 29.6 Å². The maximum atomic E-state index is 13.8. The Bertz CT molecular complexity index is 613. The maximum Gasteiger partial charge on any atom is 0.226 e. The molecule has 0 aliphatic carbocycles. The molecule has 0 bridgehead atoms. The molecular formula is C19H26FNO4. The molecule has 1 atom stereocenters. The van der Waals surface area contributed by atoms with Crippen molar-refractivity contribution < 1.29 is 23.4 Å². The van der Waals surface area contributed by atoms with E-state index in [0.29, 0.717) is 18.7 Å². The first-order valence-corrected chi connectivity index (χ1v) is 8.85. The monoisotopic (exact) mass is 351 g/mol. The summed E-state index contributed by atoms with van der Waals surface area (Å²) in [5, 5.41) is 0. The fourth-order valence-electron chi connectivity index (χ4n) is 3.94. The first-order chi connectivity index (χ1) is 12.1. The third kappa shape index (κ3) is 3.80. The second kappa shape index (κ2) is 7.70. The quantitative estimate of drug-likeness (QED) is 0.837. The summed E-state index contributed by atoms with van der Waals surface area (Å²) < 4.78 is 30.4. The van der Waals surface area contributed by atoms with Gasteiger partial charge in [-0.3, -0.25) is 4.79 Å². The highest BCUT2D eigenvalue weighted by Crippen LogP contribution is 2.36. The standard InChI is InChI=1S/C19H26FNO4/c1-23-16-6-5-14(12-15(16)20)13-18(22)21-9-7-19(8-10-21)17(24-2)4-3-11-25-19/h5-6,12,17H,3-4,7-11,13H2,1-2H3/t17-/m0/s1. The number of nitrogens with zero attached hydrogens (tertiary/aromatic N) is 1. The first kappa shape index (κ1) is 18.1. The zero-order valence-electron chi connectivity index (χ0n) is 14.9. The number of rotatable bonds is 4. The summed E-state index contributed by atoms with van der Waals surface area (Å²) in [6.07, 6.45) is 3.90. The largest absolute Gasteiger partial charge is 0.494 e. The molecule has 5 nitrogen and oxygen atoms in total. The van der Waals surface area contributed by atoms with Gasteiger partial charge < -0.3 is 19.1 Å². The van der Waals surface area contributed by atoms with Crippen LogP contribution in [0.5, 0.6) is 5.75 Å². The number of likely N-dealkylation sites (tertiary alicyclic amines) is 1. The Morgan fingerprint density at radius 1 is 1.36 bits per heavy atom. The van der Waals surface area contributed by atoms with Crippen LogP contribution in [-0.2, 0) is 20.7 Å². The van der Waals surface area contributed by atoms with Crippen LogP contribution in [-0.4, -0.2) is 56.4 Å². The SMILES string of the molecule is COc1ccc(CC(=O)N2CCC3(CC2)OCCC[C@@H]3OC)cc1F. The zero-order chi connectivity index (χ0) is 17.9. The van der Waals surface area contributed by atoms with Crippen molar-refractivity contribution in [2.75, 3.05) is 33.9 Å². The molecule has 2 heterocycles. The summed E-state index contributed by atoms with van der Waals surface area (Å²) in [4.78, 5) is 14.4. The van der Waals surface area contributed by atoms with Crippen LogP contribution < -0.4 is 4.74 Å². The molecular weight excluding hydrogens is 325 g/mol. The van der Waals surface area contributed by atoms with Crippen molar-refractivity contribution in [3.63, 3.8) is 0 Å². The van der Waals surface area contributed by atoms with E-state index in [0.717, 1.165) is 32.3 Å². The summed E-state index contributed by atoms with van der Waals surface area (Å²) >= 11 is 0. The molecule has 1 aromatic rings. The molecule has 2 aliphatic heterocycles. The van der Waals surface area contributed by atoms with Crippen LogP contribution in [0.15, 0.2) is 18.2 Å². The summed E-state index contributed by atoms with van der Waals surface area (Å²) in [6.45, 7) is 2.06. The number of hydrogen-bond acceptors (Lipinski definition) is 4. The average molecular weight is 351 g/mol. The van der Waals surface area contributed by atoms with Crippen LogP contribution in [0.1, 0.15) is 31.2 Å². The van der Waals surface area contributed by atoms with Crippen molar-refractivity contribution in [2.24, 2.45) is 0 Å². The van der Waals surface area contributed by atoms with Gasteiger partial charge in [-0.15, -0.1) is 0 Å². The van der Waals surface area contributed by atoms with Crippen molar-refractivity contribution in [1.29, 1.82) is 0 Å². The lowest BCUT2D eigenvalue weighted by Gasteiger charge is -2.48. The first-order valence-electron chi connectivity index (χ1n) is 8.85. The molecule has 0 radical (unpaired) electrons. The van der Waals surface area contributed by atoms with Gasteiger partial charge in [-0.05, 0) is 43.4 Å². The number of benzene rings is 1. The molecule has 3 rings (SSSR count). The van der Waals surface area contributed by atoms with Gasteiger partial charge in [0.25, 0.3) is 0 Å². The van der Waals surface area contributed by atoms with Gasteiger partial charge in [0.2, 0.25) is 5.91 Å². The lowest BCUT2D eigenvalue weighted by atomic mass is 9.81. The van der Waals surface area contributed by atoms with Crippen molar-refractivity contribution >= 4 is 5.91 Å². The van der Waals surface area contributed by atoms with Crippen molar-refractivity contribution in [1.82, 2.24) is 4.90 Å². The molecule has 2 fully saturated rings. The van der Waals surface area contributed by atoms with Crippen molar-refractivity contribution in [3.8, 4) is 5.75 Å². The van der Waals surface area contributed by atoms with Crippen LogP contribution in [0.25, 0.3) is 0 Å². The highest BCUT2D eigenvalue weighted by molar-refractivity contribution is 5.79. The number of ether oxygens (including phenoxy) is 3. The van der Waals surface area contributed by atoms with Gasteiger partial charge in [-0.1, -0.05) is 6.07 Å². The van der Waals surface area contributed by atoms with E-state index in [9.17, 15) is 9.18 Å². The Morgan fingerprint density at radius 2 is 2.12 bits per heavy atom. The summed E-state index contributed by atoms with van der Waals surface area (Å²) in [7, 11) is 3.16. The summed E-state index contributed by atoms with van der Waals surface area (Å²) in [5.74, 6) is -0.232. The molecule has 2 aliphatic rings. The lowest BCUT2D eigenvalue weighted by molar-refractivity contribution is -0.188. The molecule has 1 spiro atoms. The van der Waals surface area contributed by atoms with E-state index in [1.165, 1.54) is 13.2 Å². The minimum absolute atomic E-state index is 0.0178. The van der Waals surface area contributed by atoms with Crippen LogP contribution in [0, 0.1) is 5.82 Å². The van der Waals surface area contributed by atoms with E-state index in [4.69, 9.17) is 14.2 Å². The summed E-state index contributed by atoms with van der Waals surface area (Å²) in [5.41, 5.74) is 0.406. The number of carbonyl (C=O) groups is 1. The van der Waals surface area contributed by atoms with E-state index in [1.807, 2.05) is 4.90 Å². The zero-order valence-corrected chi connectivity index (χ0v) is 14.9. The Balaban J connectivity index is 1.59. The highest BCUT2D eigenvalue weighted by Gasteiger charge is 2.45. The van der Waals surface area contributed by atoms with Gasteiger partial charge in [-0.2, -0.15) is 0 Å². The van der Waals surface area contributed by atoms with E-state index >= 15 is 0 Å². The minimum atomic E-state index is -0.441. The smallest absolute Gasteiger partial charge is 0.226 e. The fraction of sp³-hybridized carbons (Fsp3) is 0.632. The Kier molecular flexibility index (Phi) is 5.59. The van der Waals surface area contributed by atoms with E-state index in [-0.39, 0.29) is 29.8 Å². The second-order valence-corrected chi connectivity index (χ2v) is 6.81. The van der Waals surface area contributed by atoms with E-state index in [2.05, 4.69) is 0 Å².